The zero-order valence-corrected chi connectivity index (χ0v) is 11.2. The average molecular weight is 263 g/mol. The maximum atomic E-state index is 11.8. The molecule has 1 aromatic heterocycles. The van der Waals surface area contributed by atoms with Gasteiger partial charge in [-0.2, -0.15) is 0 Å². The van der Waals surface area contributed by atoms with Crippen molar-refractivity contribution in [1.82, 2.24) is 15.2 Å². The van der Waals surface area contributed by atoms with Crippen LogP contribution in [0.15, 0.2) is 23.0 Å². The lowest BCUT2D eigenvalue weighted by Crippen LogP contribution is -2.36. The number of hydrogen-bond donors (Lipinski definition) is 2. The highest BCUT2D eigenvalue weighted by Crippen LogP contribution is 2.08. The van der Waals surface area contributed by atoms with Crippen LogP contribution in [0.2, 0.25) is 0 Å². The van der Waals surface area contributed by atoms with E-state index in [-0.39, 0.29) is 11.5 Å². The molecule has 0 aromatic carbocycles. The maximum absolute atomic E-state index is 11.8. The number of carbonyl (C=O) groups excluding carboxylic acids is 1. The fraction of sp³-hybridized carbons (Fsp3) is 0.571. The molecule has 5 nitrogen and oxygen atoms in total. The van der Waals surface area contributed by atoms with E-state index < -0.39 is 0 Å². The van der Waals surface area contributed by atoms with E-state index in [4.69, 9.17) is 0 Å². The van der Waals surface area contributed by atoms with E-state index in [9.17, 15) is 9.59 Å². The molecule has 0 unspecified atom stereocenters. The number of hydrogen-bond acceptors (Lipinski definition) is 3. The van der Waals surface area contributed by atoms with E-state index in [1.165, 1.54) is 31.7 Å². The number of pyridine rings is 1. The fourth-order valence-corrected chi connectivity index (χ4v) is 2.36. The minimum atomic E-state index is -0.250. The van der Waals surface area contributed by atoms with Gasteiger partial charge in [0, 0.05) is 19.2 Å². The monoisotopic (exact) mass is 263 g/mol. The first-order chi connectivity index (χ1) is 9.25. The Bertz CT molecular complexity index is 462. The summed E-state index contributed by atoms with van der Waals surface area (Å²) in [5.74, 6) is -0.215. The Morgan fingerprint density at radius 1 is 1.21 bits per heavy atom. The molecule has 0 aliphatic carbocycles. The highest BCUT2D eigenvalue weighted by atomic mass is 16.2. The Hall–Kier alpha value is -1.62. The van der Waals surface area contributed by atoms with Crippen LogP contribution in [0.5, 0.6) is 0 Å². The average Bonchev–Trinajstić information content (AvgIpc) is 2.67. The Labute approximate surface area is 113 Å². The third kappa shape index (κ3) is 4.52. The van der Waals surface area contributed by atoms with Crippen LogP contribution in [-0.2, 0) is 0 Å². The number of aromatic amines is 1. The highest BCUT2D eigenvalue weighted by Gasteiger charge is 2.10. The van der Waals surface area contributed by atoms with Crippen LogP contribution in [0, 0.1) is 0 Å². The van der Waals surface area contributed by atoms with Gasteiger partial charge in [-0.1, -0.05) is 18.9 Å². The Morgan fingerprint density at radius 2 is 1.95 bits per heavy atom. The third-order valence-electron chi connectivity index (χ3n) is 3.43. The van der Waals surface area contributed by atoms with Gasteiger partial charge in [0.05, 0.1) is 0 Å². The van der Waals surface area contributed by atoms with E-state index in [0.717, 1.165) is 19.6 Å². The summed E-state index contributed by atoms with van der Waals surface area (Å²) in [7, 11) is 0. The smallest absolute Gasteiger partial charge is 0.267 e. The second-order valence-electron chi connectivity index (χ2n) is 4.94. The summed E-state index contributed by atoms with van der Waals surface area (Å²) in [4.78, 5) is 27.8. The summed E-state index contributed by atoms with van der Waals surface area (Å²) in [6, 6.07) is 4.60. The molecule has 1 aliphatic rings. The lowest BCUT2D eigenvalue weighted by Gasteiger charge is -2.19. The molecule has 0 spiro atoms. The molecule has 0 bridgehead atoms. The van der Waals surface area contributed by atoms with E-state index >= 15 is 0 Å². The molecule has 1 aromatic rings. The molecule has 1 aliphatic heterocycles. The predicted molar refractivity (Wildman–Crippen MR) is 74.3 cm³/mol. The molecule has 0 saturated carbocycles. The van der Waals surface area contributed by atoms with Crippen molar-refractivity contribution >= 4 is 5.91 Å². The fourth-order valence-electron chi connectivity index (χ4n) is 2.36. The van der Waals surface area contributed by atoms with Gasteiger partial charge >= 0.3 is 0 Å². The van der Waals surface area contributed by atoms with Crippen LogP contribution in [0.4, 0.5) is 0 Å². The van der Waals surface area contributed by atoms with Crippen molar-refractivity contribution < 1.29 is 4.79 Å². The number of H-pyrrole nitrogens is 1. The first-order valence-electron chi connectivity index (χ1n) is 6.95. The van der Waals surface area contributed by atoms with Gasteiger partial charge in [-0.3, -0.25) is 9.59 Å². The summed E-state index contributed by atoms with van der Waals surface area (Å²) < 4.78 is 0. The number of nitrogens with zero attached hydrogens (tertiary/aromatic N) is 1. The minimum absolute atomic E-state index is 0.215. The summed E-state index contributed by atoms with van der Waals surface area (Å²) >= 11 is 0. The van der Waals surface area contributed by atoms with Crippen molar-refractivity contribution in [3.63, 3.8) is 0 Å². The normalized spacial score (nSPS) is 16.8. The SMILES string of the molecule is O=C(NCCN1CCCCCC1)c1cccc(=O)[nH]1. The molecule has 19 heavy (non-hydrogen) atoms. The van der Waals surface area contributed by atoms with Crippen LogP contribution >= 0.6 is 0 Å². The van der Waals surface area contributed by atoms with E-state index in [2.05, 4.69) is 15.2 Å². The first kappa shape index (κ1) is 13.8. The van der Waals surface area contributed by atoms with Gasteiger partial charge in [-0.15, -0.1) is 0 Å². The lowest BCUT2D eigenvalue weighted by atomic mass is 10.2. The number of likely N-dealkylation sites (tertiary alicyclic amines) is 1. The van der Waals surface area contributed by atoms with Crippen molar-refractivity contribution in [1.29, 1.82) is 0 Å². The quantitative estimate of drug-likeness (QED) is 0.851. The lowest BCUT2D eigenvalue weighted by molar-refractivity contribution is 0.0943. The second kappa shape index (κ2) is 7.09. The predicted octanol–water partition coefficient (Wildman–Crippen LogP) is 0.981. The van der Waals surface area contributed by atoms with Crippen molar-refractivity contribution in [3.05, 3.63) is 34.2 Å². The summed E-state index contributed by atoms with van der Waals surface area (Å²) in [5, 5.41) is 2.84. The van der Waals surface area contributed by atoms with Crippen molar-refractivity contribution in [2.24, 2.45) is 0 Å². The molecular weight excluding hydrogens is 242 g/mol. The van der Waals surface area contributed by atoms with Crippen LogP contribution in [0.3, 0.4) is 0 Å². The molecule has 1 amide bonds. The van der Waals surface area contributed by atoms with Crippen molar-refractivity contribution in [2.75, 3.05) is 26.2 Å². The minimum Gasteiger partial charge on any atom is -0.349 e. The van der Waals surface area contributed by atoms with Crippen LogP contribution < -0.4 is 10.9 Å². The molecule has 5 heteroatoms. The van der Waals surface area contributed by atoms with Crippen molar-refractivity contribution in [2.45, 2.75) is 25.7 Å². The largest absolute Gasteiger partial charge is 0.349 e. The Morgan fingerprint density at radius 3 is 2.63 bits per heavy atom. The zero-order valence-electron chi connectivity index (χ0n) is 11.2. The summed E-state index contributed by atoms with van der Waals surface area (Å²) in [6.45, 7) is 3.74. The second-order valence-corrected chi connectivity index (χ2v) is 4.94. The highest BCUT2D eigenvalue weighted by molar-refractivity contribution is 5.92. The van der Waals surface area contributed by atoms with Gasteiger partial charge in [0.15, 0.2) is 0 Å². The molecule has 1 saturated heterocycles. The van der Waals surface area contributed by atoms with E-state index in [1.807, 2.05) is 0 Å². The standard InChI is InChI=1S/C14H21N3O2/c18-13-7-5-6-12(16-13)14(19)15-8-11-17-9-3-1-2-4-10-17/h5-7H,1-4,8-11H2,(H,15,19)(H,16,18). The topological polar surface area (TPSA) is 65.2 Å². The van der Waals surface area contributed by atoms with E-state index in [0.29, 0.717) is 12.2 Å². The van der Waals surface area contributed by atoms with Crippen LogP contribution in [0.1, 0.15) is 36.2 Å². The van der Waals surface area contributed by atoms with Gasteiger partial charge in [-0.25, -0.2) is 0 Å². The number of aromatic nitrogens is 1. The van der Waals surface area contributed by atoms with Crippen LogP contribution in [-0.4, -0.2) is 42.0 Å². The van der Waals surface area contributed by atoms with Gasteiger partial charge in [0.2, 0.25) is 5.56 Å². The number of nitrogens with one attached hydrogen (secondary N) is 2. The van der Waals surface area contributed by atoms with Gasteiger partial charge in [-0.05, 0) is 32.0 Å². The van der Waals surface area contributed by atoms with Gasteiger partial charge < -0.3 is 15.2 Å². The molecule has 104 valence electrons. The van der Waals surface area contributed by atoms with E-state index in [1.54, 1.807) is 12.1 Å². The molecule has 2 rings (SSSR count). The maximum Gasteiger partial charge on any atom is 0.267 e. The zero-order chi connectivity index (χ0) is 13.5. The number of amides is 1. The first-order valence-corrected chi connectivity index (χ1v) is 6.95. The number of carbonyl (C=O) groups is 1. The molecule has 0 atom stereocenters. The molecule has 0 radical (unpaired) electrons. The summed E-state index contributed by atoms with van der Waals surface area (Å²) in [6.07, 6.45) is 5.13. The van der Waals surface area contributed by atoms with Gasteiger partial charge in [0.25, 0.3) is 5.91 Å². The molecule has 1 fully saturated rings. The van der Waals surface area contributed by atoms with Crippen molar-refractivity contribution in [3.8, 4) is 0 Å². The Kier molecular flexibility index (Phi) is 5.15. The molecule has 2 heterocycles. The van der Waals surface area contributed by atoms with Crippen LogP contribution in [0.25, 0.3) is 0 Å². The van der Waals surface area contributed by atoms with Gasteiger partial charge in [0.1, 0.15) is 5.69 Å². The molecular formula is C14H21N3O2. The molecule has 2 N–H and O–H groups in total. The third-order valence-corrected chi connectivity index (χ3v) is 3.43. The summed E-state index contributed by atoms with van der Waals surface area (Å²) in [5.41, 5.74) is 0.0727. The Balaban J connectivity index is 1.76. The number of rotatable bonds is 4.